The minimum absolute atomic E-state index is 0.0685. The predicted octanol–water partition coefficient (Wildman–Crippen LogP) is 5.08. The molecule has 0 atom stereocenters. The number of fused-ring (bicyclic) bond motifs is 1. The highest BCUT2D eigenvalue weighted by molar-refractivity contribution is 6.32. The quantitative estimate of drug-likeness (QED) is 0.404. The maximum absolute atomic E-state index is 13.4. The van der Waals surface area contributed by atoms with E-state index in [9.17, 15) is 9.90 Å². The van der Waals surface area contributed by atoms with E-state index in [4.69, 9.17) is 21.3 Å². The number of halogens is 1. The fourth-order valence-corrected chi connectivity index (χ4v) is 6.04. The van der Waals surface area contributed by atoms with Gasteiger partial charge in [0.2, 0.25) is 0 Å². The van der Waals surface area contributed by atoms with Crippen molar-refractivity contribution in [3.8, 4) is 22.6 Å². The third kappa shape index (κ3) is 5.07. The standard InChI is InChI=1S/C30H35ClN4O3/c1-38-27-18-22(17-25(31)30(27)37)21-6-7-26-23(16-21)28(24(19-32-26)29(36)20-4-5-20)35-14-12-34(13-15-35)11-10-33-8-2-3-9-33/h6-7,16-20,37H,2-5,8-15H2,1H3. The highest BCUT2D eigenvalue weighted by Crippen LogP contribution is 2.41. The summed E-state index contributed by atoms with van der Waals surface area (Å²) < 4.78 is 5.33. The molecule has 3 aromatic rings. The number of anilines is 1. The van der Waals surface area contributed by atoms with E-state index < -0.39 is 0 Å². The van der Waals surface area contributed by atoms with Crippen molar-refractivity contribution in [2.75, 3.05) is 64.4 Å². The molecule has 0 amide bonds. The Morgan fingerprint density at radius 1 is 1.00 bits per heavy atom. The number of nitrogens with zero attached hydrogens (tertiary/aromatic N) is 4. The zero-order valence-electron chi connectivity index (χ0n) is 22.0. The molecule has 3 fully saturated rings. The highest BCUT2D eigenvalue weighted by atomic mass is 35.5. The van der Waals surface area contributed by atoms with Gasteiger partial charge >= 0.3 is 0 Å². The molecule has 0 radical (unpaired) electrons. The monoisotopic (exact) mass is 534 g/mol. The summed E-state index contributed by atoms with van der Waals surface area (Å²) in [6, 6.07) is 9.63. The molecular weight excluding hydrogens is 500 g/mol. The molecule has 1 N–H and O–H groups in total. The van der Waals surface area contributed by atoms with Crippen LogP contribution in [0.2, 0.25) is 5.02 Å². The molecule has 6 rings (SSSR count). The normalized spacial score (nSPS) is 18.8. The molecule has 0 bridgehead atoms. The van der Waals surface area contributed by atoms with Crippen LogP contribution in [-0.2, 0) is 0 Å². The number of Topliss-reactive ketones (excluding diaryl/α,β-unsaturated/α-hetero) is 1. The molecule has 2 saturated heterocycles. The van der Waals surface area contributed by atoms with Gasteiger partial charge < -0.3 is 19.6 Å². The minimum Gasteiger partial charge on any atom is -0.503 e. The molecule has 3 heterocycles. The number of aromatic hydroxyl groups is 1. The zero-order valence-corrected chi connectivity index (χ0v) is 22.7. The van der Waals surface area contributed by atoms with Crippen LogP contribution in [0.3, 0.4) is 0 Å². The number of ether oxygens (including phenoxy) is 1. The predicted molar refractivity (Wildman–Crippen MR) is 152 cm³/mol. The Morgan fingerprint density at radius 2 is 1.71 bits per heavy atom. The fourth-order valence-electron chi connectivity index (χ4n) is 5.82. The fraction of sp³-hybridized carbons (Fsp3) is 0.467. The van der Waals surface area contributed by atoms with Crippen molar-refractivity contribution in [2.24, 2.45) is 5.92 Å². The first-order chi connectivity index (χ1) is 18.5. The Balaban J connectivity index is 1.33. The van der Waals surface area contributed by atoms with Crippen LogP contribution in [0.25, 0.3) is 22.0 Å². The number of methoxy groups -OCH3 is 1. The van der Waals surface area contributed by atoms with Gasteiger partial charge in [0.15, 0.2) is 17.3 Å². The van der Waals surface area contributed by atoms with Gasteiger partial charge in [-0.05, 0) is 74.2 Å². The van der Waals surface area contributed by atoms with Crippen molar-refractivity contribution in [1.82, 2.24) is 14.8 Å². The van der Waals surface area contributed by atoms with Gasteiger partial charge in [-0.2, -0.15) is 0 Å². The van der Waals surface area contributed by atoms with Crippen LogP contribution < -0.4 is 9.64 Å². The van der Waals surface area contributed by atoms with E-state index in [0.29, 0.717) is 5.75 Å². The number of hydrogen-bond acceptors (Lipinski definition) is 7. The Labute approximate surface area is 228 Å². The second kappa shape index (κ2) is 10.7. The first-order valence-corrected chi connectivity index (χ1v) is 14.1. The van der Waals surface area contributed by atoms with Crippen molar-refractivity contribution >= 4 is 34.0 Å². The van der Waals surface area contributed by atoms with E-state index in [1.165, 1.54) is 33.0 Å². The Morgan fingerprint density at radius 3 is 2.39 bits per heavy atom. The number of benzene rings is 2. The number of pyridine rings is 1. The summed E-state index contributed by atoms with van der Waals surface area (Å²) in [4.78, 5) is 25.6. The topological polar surface area (TPSA) is 69.1 Å². The van der Waals surface area contributed by atoms with Crippen LogP contribution in [0.1, 0.15) is 36.0 Å². The van der Waals surface area contributed by atoms with Crippen molar-refractivity contribution < 1.29 is 14.6 Å². The summed E-state index contributed by atoms with van der Waals surface area (Å²) in [5, 5.41) is 11.4. The van der Waals surface area contributed by atoms with E-state index >= 15 is 0 Å². The Kier molecular flexibility index (Phi) is 7.16. The summed E-state index contributed by atoms with van der Waals surface area (Å²) in [5.74, 6) is 0.596. The third-order valence-electron chi connectivity index (χ3n) is 8.25. The van der Waals surface area contributed by atoms with Crippen LogP contribution >= 0.6 is 11.6 Å². The molecule has 1 saturated carbocycles. The average molecular weight is 535 g/mol. The van der Waals surface area contributed by atoms with Crippen LogP contribution in [-0.4, -0.2) is 85.1 Å². The van der Waals surface area contributed by atoms with Crippen molar-refractivity contribution in [3.63, 3.8) is 0 Å². The lowest BCUT2D eigenvalue weighted by atomic mass is 9.98. The van der Waals surface area contributed by atoms with E-state index in [1.807, 2.05) is 12.1 Å². The van der Waals surface area contributed by atoms with Crippen LogP contribution in [0, 0.1) is 5.92 Å². The lowest BCUT2D eigenvalue weighted by Crippen LogP contribution is -2.48. The molecule has 200 valence electrons. The van der Waals surface area contributed by atoms with Gasteiger partial charge in [-0.15, -0.1) is 0 Å². The summed E-state index contributed by atoms with van der Waals surface area (Å²) in [5.41, 5.74) is 4.38. The number of phenolic OH excluding ortho intramolecular Hbond substituents is 1. The minimum atomic E-state index is -0.0685. The molecule has 38 heavy (non-hydrogen) atoms. The maximum atomic E-state index is 13.4. The summed E-state index contributed by atoms with van der Waals surface area (Å²) in [7, 11) is 1.51. The van der Waals surface area contributed by atoms with Gasteiger partial charge in [0.1, 0.15) is 0 Å². The van der Waals surface area contributed by atoms with Gasteiger partial charge in [0.05, 0.1) is 28.9 Å². The number of carbonyl (C=O) groups is 1. The number of hydrogen-bond donors (Lipinski definition) is 1. The molecule has 7 nitrogen and oxygen atoms in total. The van der Waals surface area contributed by atoms with Crippen LogP contribution in [0.15, 0.2) is 36.5 Å². The second-order valence-electron chi connectivity index (χ2n) is 10.8. The van der Waals surface area contributed by atoms with Gasteiger partial charge in [0, 0.05) is 56.8 Å². The number of aromatic nitrogens is 1. The van der Waals surface area contributed by atoms with Gasteiger partial charge in [-0.3, -0.25) is 14.7 Å². The summed E-state index contributed by atoms with van der Waals surface area (Å²) >= 11 is 6.31. The SMILES string of the molecule is COc1cc(-c2ccc3ncc(C(=O)C4CC4)c(N4CCN(CCN5CCCC5)CC4)c3c2)cc(Cl)c1O. The molecule has 8 heteroatoms. The number of piperazine rings is 1. The van der Waals surface area contributed by atoms with Crippen LogP contribution in [0.5, 0.6) is 11.5 Å². The first-order valence-electron chi connectivity index (χ1n) is 13.8. The Bertz CT molecular complexity index is 1350. The molecule has 1 aromatic heterocycles. The van der Waals surface area contributed by atoms with Gasteiger partial charge in [-0.1, -0.05) is 17.7 Å². The third-order valence-corrected chi connectivity index (χ3v) is 8.54. The van der Waals surface area contributed by atoms with E-state index in [1.54, 1.807) is 18.3 Å². The van der Waals surface area contributed by atoms with Crippen molar-refractivity contribution in [1.29, 1.82) is 0 Å². The molecular formula is C30H35ClN4O3. The summed E-state index contributed by atoms with van der Waals surface area (Å²) in [6.07, 6.45) is 6.37. The number of rotatable bonds is 8. The molecule has 3 aliphatic rings. The summed E-state index contributed by atoms with van der Waals surface area (Å²) in [6.45, 7) is 8.45. The highest BCUT2D eigenvalue weighted by Gasteiger charge is 2.34. The van der Waals surface area contributed by atoms with Gasteiger partial charge in [0.25, 0.3) is 0 Å². The molecule has 2 aliphatic heterocycles. The van der Waals surface area contributed by atoms with Crippen molar-refractivity contribution in [2.45, 2.75) is 25.7 Å². The molecule has 2 aromatic carbocycles. The van der Waals surface area contributed by atoms with Gasteiger partial charge in [-0.25, -0.2) is 0 Å². The van der Waals surface area contributed by atoms with E-state index in [-0.39, 0.29) is 22.5 Å². The molecule has 0 unspecified atom stereocenters. The first kappa shape index (κ1) is 25.4. The largest absolute Gasteiger partial charge is 0.503 e. The molecule has 1 aliphatic carbocycles. The molecule has 0 spiro atoms. The number of carbonyl (C=O) groups excluding carboxylic acids is 1. The average Bonchev–Trinajstić information content (AvgIpc) is 3.67. The van der Waals surface area contributed by atoms with E-state index in [0.717, 1.165) is 85.4 Å². The smallest absolute Gasteiger partial charge is 0.176 e. The lowest BCUT2D eigenvalue weighted by Gasteiger charge is -2.38. The number of likely N-dealkylation sites (tertiary alicyclic amines) is 1. The Hall–Kier alpha value is -2.87. The number of phenols is 1. The van der Waals surface area contributed by atoms with E-state index in [2.05, 4.69) is 20.8 Å². The second-order valence-corrected chi connectivity index (χ2v) is 11.2. The lowest BCUT2D eigenvalue weighted by molar-refractivity contribution is 0.0967. The van der Waals surface area contributed by atoms with Crippen molar-refractivity contribution in [3.05, 3.63) is 47.1 Å². The maximum Gasteiger partial charge on any atom is 0.176 e. The zero-order chi connectivity index (χ0) is 26.2. The van der Waals surface area contributed by atoms with Crippen LogP contribution in [0.4, 0.5) is 5.69 Å². The number of ketones is 1.